The van der Waals surface area contributed by atoms with Crippen molar-refractivity contribution in [2.75, 3.05) is 13.1 Å². The molecule has 3 heteroatoms. The number of ether oxygens (including phenoxy) is 1. The van der Waals surface area contributed by atoms with Crippen LogP contribution >= 0.6 is 0 Å². The van der Waals surface area contributed by atoms with Crippen molar-refractivity contribution in [2.24, 2.45) is 0 Å². The van der Waals surface area contributed by atoms with Gasteiger partial charge in [0, 0.05) is 25.1 Å². The van der Waals surface area contributed by atoms with Gasteiger partial charge in [-0.3, -0.25) is 4.90 Å². The summed E-state index contributed by atoms with van der Waals surface area (Å²) in [5.41, 5.74) is 0.223. The van der Waals surface area contributed by atoms with Gasteiger partial charge in [0.1, 0.15) is 16.9 Å². The second kappa shape index (κ2) is 4.25. The van der Waals surface area contributed by atoms with E-state index in [9.17, 15) is 5.26 Å². The van der Waals surface area contributed by atoms with Crippen molar-refractivity contribution in [3.05, 3.63) is 29.8 Å². The standard InChI is InChI=1S/C16H20N2O/c1-15(2)11-16(12-17,18-9-5-6-10-18)13-7-3-4-8-14(13)19-15/h3-4,7-8H,5-6,9-11H2,1-2H3. The molecule has 0 aromatic heterocycles. The lowest BCUT2D eigenvalue weighted by Gasteiger charge is -2.46. The highest BCUT2D eigenvalue weighted by Gasteiger charge is 2.49. The molecule has 0 bridgehead atoms. The summed E-state index contributed by atoms with van der Waals surface area (Å²) in [6, 6.07) is 10.6. The van der Waals surface area contributed by atoms with E-state index in [1.807, 2.05) is 24.3 Å². The van der Waals surface area contributed by atoms with E-state index in [4.69, 9.17) is 4.74 Å². The molecular formula is C16H20N2O. The fourth-order valence-corrected chi connectivity index (χ4v) is 3.49. The van der Waals surface area contributed by atoms with Gasteiger partial charge in [0.25, 0.3) is 0 Å². The van der Waals surface area contributed by atoms with Gasteiger partial charge < -0.3 is 4.74 Å². The minimum Gasteiger partial charge on any atom is -0.487 e. The summed E-state index contributed by atoms with van der Waals surface area (Å²) in [6.45, 7) is 6.17. The van der Waals surface area contributed by atoms with E-state index < -0.39 is 5.54 Å². The fraction of sp³-hybridized carbons (Fsp3) is 0.562. The molecule has 1 fully saturated rings. The SMILES string of the molecule is CC1(C)CC(C#N)(N2CCCC2)c2ccccc2O1. The van der Waals surface area contributed by atoms with Gasteiger partial charge in [-0.05, 0) is 32.8 Å². The van der Waals surface area contributed by atoms with E-state index in [2.05, 4.69) is 24.8 Å². The molecule has 0 spiro atoms. The highest BCUT2D eigenvalue weighted by Crippen LogP contribution is 2.47. The van der Waals surface area contributed by atoms with Crippen LogP contribution in [0.2, 0.25) is 0 Å². The normalized spacial score (nSPS) is 29.3. The lowest BCUT2D eigenvalue weighted by Crippen LogP contribution is -2.52. The number of nitriles is 1. The molecule has 3 rings (SSSR count). The zero-order chi connectivity index (χ0) is 13.5. The third-order valence-corrected chi connectivity index (χ3v) is 4.23. The van der Waals surface area contributed by atoms with Gasteiger partial charge in [-0.2, -0.15) is 5.26 Å². The molecule has 2 aliphatic heterocycles. The lowest BCUT2D eigenvalue weighted by molar-refractivity contribution is 0.00723. The van der Waals surface area contributed by atoms with Crippen molar-refractivity contribution in [3.8, 4) is 11.8 Å². The van der Waals surface area contributed by atoms with Crippen LogP contribution in [0.25, 0.3) is 0 Å². The van der Waals surface area contributed by atoms with E-state index in [1.54, 1.807) is 0 Å². The fourth-order valence-electron chi connectivity index (χ4n) is 3.49. The molecule has 1 unspecified atom stereocenters. The average Bonchev–Trinajstić information content (AvgIpc) is 2.90. The monoisotopic (exact) mass is 256 g/mol. The number of rotatable bonds is 1. The molecule has 1 aromatic carbocycles. The maximum absolute atomic E-state index is 9.93. The van der Waals surface area contributed by atoms with E-state index in [0.717, 1.165) is 30.8 Å². The molecule has 1 saturated heterocycles. The molecule has 2 aliphatic rings. The maximum Gasteiger partial charge on any atom is 0.142 e. The first-order valence-electron chi connectivity index (χ1n) is 7.02. The molecule has 2 heterocycles. The van der Waals surface area contributed by atoms with Crippen LogP contribution < -0.4 is 4.74 Å². The Kier molecular flexibility index (Phi) is 2.79. The van der Waals surface area contributed by atoms with Crippen molar-refractivity contribution in [3.63, 3.8) is 0 Å². The van der Waals surface area contributed by atoms with Gasteiger partial charge in [-0.25, -0.2) is 0 Å². The van der Waals surface area contributed by atoms with Gasteiger partial charge in [0.15, 0.2) is 0 Å². The van der Waals surface area contributed by atoms with Crippen LogP contribution in [0.4, 0.5) is 0 Å². The maximum atomic E-state index is 9.93. The molecule has 0 saturated carbocycles. The van der Waals surface area contributed by atoms with Crippen LogP contribution in [0, 0.1) is 11.3 Å². The molecule has 1 atom stereocenters. The summed E-state index contributed by atoms with van der Waals surface area (Å²) < 4.78 is 6.06. The summed E-state index contributed by atoms with van der Waals surface area (Å²) in [6.07, 6.45) is 3.10. The largest absolute Gasteiger partial charge is 0.487 e. The number of hydrogen-bond acceptors (Lipinski definition) is 3. The topological polar surface area (TPSA) is 36.3 Å². The number of likely N-dealkylation sites (tertiary alicyclic amines) is 1. The van der Waals surface area contributed by atoms with Crippen molar-refractivity contribution in [1.82, 2.24) is 4.90 Å². The minimum absolute atomic E-state index is 0.299. The molecule has 1 aromatic rings. The van der Waals surface area contributed by atoms with E-state index in [0.29, 0.717) is 0 Å². The van der Waals surface area contributed by atoms with Crippen LogP contribution in [0.5, 0.6) is 5.75 Å². The molecule has 0 amide bonds. The molecular weight excluding hydrogens is 236 g/mol. The zero-order valence-corrected chi connectivity index (χ0v) is 11.6. The van der Waals surface area contributed by atoms with Crippen LogP contribution in [-0.4, -0.2) is 23.6 Å². The summed E-state index contributed by atoms with van der Waals surface area (Å²) in [5, 5.41) is 9.93. The van der Waals surface area contributed by atoms with Crippen LogP contribution in [0.1, 0.15) is 38.7 Å². The summed E-state index contributed by atoms with van der Waals surface area (Å²) in [7, 11) is 0. The first kappa shape index (κ1) is 12.5. The smallest absolute Gasteiger partial charge is 0.142 e. The second-order valence-corrected chi connectivity index (χ2v) is 6.20. The van der Waals surface area contributed by atoms with Crippen LogP contribution in [0.15, 0.2) is 24.3 Å². The van der Waals surface area contributed by atoms with Crippen molar-refractivity contribution in [2.45, 2.75) is 44.2 Å². The van der Waals surface area contributed by atoms with Crippen LogP contribution in [-0.2, 0) is 5.54 Å². The van der Waals surface area contributed by atoms with Gasteiger partial charge in [-0.1, -0.05) is 18.2 Å². The third-order valence-electron chi connectivity index (χ3n) is 4.23. The van der Waals surface area contributed by atoms with Gasteiger partial charge in [-0.15, -0.1) is 0 Å². The van der Waals surface area contributed by atoms with Gasteiger partial charge in [0.2, 0.25) is 0 Å². The minimum atomic E-state index is -0.519. The molecule has 100 valence electrons. The summed E-state index contributed by atoms with van der Waals surface area (Å²) in [4.78, 5) is 2.34. The number of nitrogens with zero attached hydrogens (tertiary/aromatic N) is 2. The summed E-state index contributed by atoms with van der Waals surface area (Å²) >= 11 is 0. The molecule has 0 N–H and O–H groups in total. The van der Waals surface area contributed by atoms with Gasteiger partial charge >= 0.3 is 0 Å². The highest BCUT2D eigenvalue weighted by atomic mass is 16.5. The van der Waals surface area contributed by atoms with Crippen molar-refractivity contribution < 1.29 is 4.74 Å². The Balaban J connectivity index is 2.15. The number of fused-ring (bicyclic) bond motifs is 1. The average molecular weight is 256 g/mol. The number of benzene rings is 1. The van der Waals surface area contributed by atoms with E-state index >= 15 is 0 Å². The van der Waals surface area contributed by atoms with Gasteiger partial charge in [0.05, 0.1) is 6.07 Å². The Bertz CT molecular complexity index is 526. The second-order valence-electron chi connectivity index (χ2n) is 6.20. The number of hydrogen-bond donors (Lipinski definition) is 0. The number of para-hydroxylation sites is 1. The van der Waals surface area contributed by atoms with E-state index in [1.165, 1.54) is 12.8 Å². The summed E-state index contributed by atoms with van der Waals surface area (Å²) in [5.74, 6) is 0.868. The van der Waals surface area contributed by atoms with Crippen molar-refractivity contribution in [1.29, 1.82) is 5.26 Å². The first-order chi connectivity index (χ1) is 9.07. The predicted octanol–water partition coefficient (Wildman–Crippen LogP) is 3.06. The molecule has 3 nitrogen and oxygen atoms in total. The van der Waals surface area contributed by atoms with Crippen LogP contribution in [0.3, 0.4) is 0 Å². The first-order valence-corrected chi connectivity index (χ1v) is 7.02. The predicted molar refractivity (Wildman–Crippen MR) is 73.9 cm³/mol. The molecule has 0 radical (unpaired) electrons. The highest BCUT2D eigenvalue weighted by molar-refractivity contribution is 5.46. The third kappa shape index (κ3) is 1.91. The molecule has 0 aliphatic carbocycles. The Morgan fingerprint density at radius 2 is 1.89 bits per heavy atom. The molecule has 19 heavy (non-hydrogen) atoms. The Morgan fingerprint density at radius 1 is 1.21 bits per heavy atom. The zero-order valence-electron chi connectivity index (χ0n) is 11.6. The lowest BCUT2D eigenvalue weighted by atomic mass is 9.77. The Hall–Kier alpha value is -1.53. The Morgan fingerprint density at radius 3 is 2.58 bits per heavy atom. The van der Waals surface area contributed by atoms with E-state index in [-0.39, 0.29) is 5.60 Å². The van der Waals surface area contributed by atoms with Crippen molar-refractivity contribution >= 4 is 0 Å². The Labute approximate surface area is 114 Å². The quantitative estimate of drug-likeness (QED) is 0.774.